The molecule has 1 atom stereocenters. The largest absolute Gasteiger partial charge is 0.492 e. The second kappa shape index (κ2) is 7.58. The van der Waals surface area contributed by atoms with E-state index in [1.165, 1.54) is 0 Å². The number of ether oxygens (including phenoxy) is 4. The summed E-state index contributed by atoms with van der Waals surface area (Å²) in [4.78, 5) is 4.18. The lowest BCUT2D eigenvalue weighted by molar-refractivity contribution is 0.174. The Labute approximate surface area is 124 Å². The second-order valence-electron chi connectivity index (χ2n) is 4.63. The summed E-state index contributed by atoms with van der Waals surface area (Å²) in [5, 5.41) is 3.02. The van der Waals surface area contributed by atoms with Crippen molar-refractivity contribution in [3.05, 3.63) is 18.2 Å². The molecule has 1 aromatic rings. The molecule has 3 N–H and O–H groups in total. The van der Waals surface area contributed by atoms with Gasteiger partial charge in [0, 0.05) is 19.2 Å². The first-order chi connectivity index (χ1) is 10.2. The molecular formula is C14H21N3O4. The number of fused-ring (bicyclic) bond motifs is 1. The number of aliphatic imine (C=N–C) groups is 1. The van der Waals surface area contributed by atoms with Crippen molar-refractivity contribution >= 4 is 5.96 Å². The first-order valence-corrected chi connectivity index (χ1v) is 6.77. The first-order valence-electron chi connectivity index (χ1n) is 6.77. The maximum atomic E-state index is 5.75. The van der Waals surface area contributed by atoms with Gasteiger partial charge in [-0.1, -0.05) is 0 Å². The van der Waals surface area contributed by atoms with Crippen LogP contribution in [0.25, 0.3) is 0 Å². The van der Waals surface area contributed by atoms with Crippen molar-refractivity contribution in [3.63, 3.8) is 0 Å². The van der Waals surface area contributed by atoms with Gasteiger partial charge in [0.25, 0.3) is 0 Å². The molecule has 0 bridgehead atoms. The summed E-state index contributed by atoms with van der Waals surface area (Å²) in [5.74, 6) is 2.54. The quantitative estimate of drug-likeness (QED) is 0.438. The summed E-state index contributed by atoms with van der Waals surface area (Å²) in [6.07, 6.45) is 0. The van der Waals surface area contributed by atoms with Crippen molar-refractivity contribution in [1.29, 1.82) is 0 Å². The van der Waals surface area contributed by atoms with E-state index in [2.05, 4.69) is 10.3 Å². The number of hydrogen-bond acceptors (Lipinski definition) is 5. The fourth-order valence-electron chi connectivity index (χ4n) is 1.89. The predicted octanol–water partition coefficient (Wildman–Crippen LogP) is 0.733. The minimum absolute atomic E-state index is 0.119. The lowest BCUT2D eigenvalue weighted by atomic mass is 10.3. The Morgan fingerprint density at radius 2 is 2.24 bits per heavy atom. The lowest BCUT2D eigenvalue weighted by Gasteiger charge is -2.13. The summed E-state index contributed by atoms with van der Waals surface area (Å²) in [6.45, 7) is 3.69. The van der Waals surface area contributed by atoms with Gasteiger partial charge in [-0.25, -0.2) is 4.99 Å². The van der Waals surface area contributed by atoms with Crippen molar-refractivity contribution in [1.82, 2.24) is 5.32 Å². The highest BCUT2D eigenvalue weighted by molar-refractivity contribution is 5.78. The molecule has 2 rings (SSSR count). The van der Waals surface area contributed by atoms with Crippen LogP contribution in [0.3, 0.4) is 0 Å². The van der Waals surface area contributed by atoms with Crippen LogP contribution in [0.1, 0.15) is 6.92 Å². The predicted molar refractivity (Wildman–Crippen MR) is 79.0 cm³/mol. The number of hydrogen-bond donors (Lipinski definition) is 2. The Hall–Kier alpha value is -2.15. The average Bonchev–Trinajstić information content (AvgIpc) is 2.91. The maximum Gasteiger partial charge on any atom is 0.231 e. The molecule has 0 saturated heterocycles. The van der Waals surface area contributed by atoms with Gasteiger partial charge >= 0.3 is 0 Å². The molecule has 116 valence electrons. The average molecular weight is 295 g/mol. The number of nitrogens with zero attached hydrogens (tertiary/aromatic N) is 1. The van der Waals surface area contributed by atoms with Crippen molar-refractivity contribution in [2.75, 3.05) is 33.7 Å². The van der Waals surface area contributed by atoms with Gasteiger partial charge in [-0.05, 0) is 19.1 Å². The molecule has 0 aromatic heterocycles. The van der Waals surface area contributed by atoms with Crippen molar-refractivity contribution in [3.8, 4) is 17.2 Å². The molecule has 7 heteroatoms. The molecule has 1 heterocycles. The van der Waals surface area contributed by atoms with E-state index >= 15 is 0 Å². The normalized spacial score (nSPS) is 14.9. The monoisotopic (exact) mass is 295 g/mol. The van der Waals surface area contributed by atoms with E-state index in [4.69, 9.17) is 24.7 Å². The van der Waals surface area contributed by atoms with E-state index in [1.54, 1.807) is 13.2 Å². The zero-order chi connectivity index (χ0) is 15.1. The highest BCUT2D eigenvalue weighted by Crippen LogP contribution is 2.34. The number of rotatable bonds is 7. The Kier molecular flexibility index (Phi) is 5.51. The minimum atomic E-state index is 0.119. The smallest absolute Gasteiger partial charge is 0.231 e. The number of nitrogens with two attached hydrogens (primary N) is 1. The third-order valence-electron chi connectivity index (χ3n) is 2.80. The van der Waals surface area contributed by atoms with E-state index in [1.807, 2.05) is 19.1 Å². The van der Waals surface area contributed by atoms with Crippen molar-refractivity contribution < 1.29 is 18.9 Å². The van der Waals surface area contributed by atoms with Crippen LogP contribution < -0.4 is 25.3 Å². The van der Waals surface area contributed by atoms with E-state index in [0.29, 0.717) is 37.2 Å². The zero-order valence-electron chi connectivity index (χ0n) is 12.3. The molecule has 21 heavy (non-hydrogen) atoms. The SMILES string of the molecule is COCC(C)NC(N)=NCCOc1ccc2c(c1)OCO2. The highest BCUT2D eigenvalue weighted by atomic mass is 16.7. The van der Waals surface area contributed by atoms with Gasteiger partial charge in [-0.15, -0.1) is 0 Å². The summed E-state index contributed by atoms with van der Waals surface area (Å²) >= 11 is 0. The van der Waals surface area contributed by atoms with Crippen LogP contribution >= 0.6 is 0 Å². The van der Waals surface area contributed by atoms with Crippen LogP contribution in [0.2, 0.25) is 0 Å². The zero-order valence-corrected chi connectivity index (χ0v) is 12.3. The standard InChI is InChI=1S/C14H21N3O4/c1-10(8-18-2)17-14(15)16-5-6-19-11-3-4-12-13(7-11)21-9-20-12/h3-4,7,10H,5-6,8-9H2,1-2H3,(H3,15,16,17). The molecule has 1 unspecified atom stereocenters. The third kappa shape index (κ3) is 4.71. The molecule has 7 nitrogen and oxygen atoms in total. The van der Waals surface area contributed by atoms with Crippen LogP contribution in [0.4, 0.5) is 0 Å². The van der Waals surface area contributed by atoms with Gasteiger partial charge in [-0.3, -0.25) is 0 Å². The van der Waals surface area contributed by atoms with Gasteiger partial charge in [-0.2, -0.15) is 0 Å². The summed E-state index contributed by atoms with van der Waals surface area (Å²) in [5.41, 5.74) is 5.75. The van der Waals surface area contributed by atoms with Gasteiger partial charge in [0.15, 0.2) is 17.5 Å². The summed E-state index contributed by atoms with van der Waals surface area (Å²) < 4.78 is 21.1. The Bertz CT molecular complexity index is 493. The molecule has 1 aliphatic heterocycles. The molecule has 0 aliphatic carbocycles. The molecule has 0 radical (unpaired) electrons. The fourth-order valence-corrected chi connectivity index (χ4v) is 1.89. The third-order valence-corrected chi connectivity index (χ3v) is 2.80. The van der Waals surface area contributed by atoms with E-state index in [9.17, 15) is 0 Å². The topological polar surface area (TPSA) is 87.3 Å². The molecule has 0 fully saturated rings. The summed E-state index contributed by atoms with van der Waals surface area (Å²) in [7, 11) is 1.64. The Balaban J connectivity index is 1.71. The van der Waals surface area contributed by atoms with Crippen LogP contribution in [0, 0.1) is 0 Å². The molecule has 1 aromatic carbocycles. The first kappa shape index (κ1) is 15.2. The van der Waals surface area contributed by atoms with E-state index < -0.39 is 0 Å². The number of benzene rings is 1. The molecule has 0 saturated carbocycles. The van der Waals surface area contributed by atoms with Crippen molar-refractivity contribution in [2.24, 2.45) is 10.7 Å². The van der Waals surface area contributed by atoms with Gasteiger partial charge in [0.2, 0.25) is 6.79 Å². The maximum absolute atomic E-state index is 5.75. The molecule has 0 spiro atoms. The van der Waals surface area contributed by atoms with Crippen LogP contribution in [-0.4, -0.2) is 45.7 Å². The van der Waals surface area contributed by atoms with Crippen LogP contribution in [0.5, 0.6) is 17.2 Å². The van der Waals surface area contributed by atoms with Crippen molar-refractivity contribution in [2.45, 2.75) is 13.0 Å². The Morgan fingerprint density at radius 3 is 3.05 bits per heavy atom. The lowest BCUT2D eigenvalue weighted by Crippen LogP contribution is -2.40. The molecule has 0 amide bonds. The highest BCUT2D eigenvalue weighted by Gasteiger charge is 2.13. The fraction of sp³-hybridized carbons (Fsp3) is 0.500. The molecular weight excluding hydrogens is 274 g/mol. The van der Waals surface area contributed by atoms with Crippen LogP contribution in [-0.2, 0) is 4.74 Å². The van der Waals surface area contributed by atoms with E-state index in [-0.39, 0.29) is 12.8 Å². The van der Waals surface area contributed by atoms with Crippen LogP contribution in [0.15, 0.2) is 23.2 Å². The number of methoxy groups -OCH3 is 1. The minimum Gasteiger partial charge on any atom is -0.492 e. The van der Waals surface area contributed by atoms with Gasteiger partial charge in [0.05, 0.1) is 13.2 Å². The summed E-state index contributed by atoms with van der Waals surface area (Å²) in [6, 6.07) is 5.57. The number of guanidine groups is 1. The Morgan fingerprint density at radius 1 is 1.43 bits per heavy atom. The molecule has 1 aliphatic rings. The second-order valence-corrected chi connectivity index (χ2v) is 4.63. The van der Waals surface area contributed by atoms with Gasteiger partial charge < -0.3 is 30.0 Å². The van der Waals surface area contributed by atoms with E-state index in [0.717, 1.165) is 5.75 Å². The number of nitrogens with one attached hydrogen (secondary N) is 1. The van der Waals surface area contributed by atoms with Gasteiger partial charge in [0.1, 0.15) is 12.4 Å².